The fourth-order valence-electron chi connectivity index (χ4n) is 1.72. The molecule has 0 radical (unpaired) electrons. The summed E-state index contributed by atoms with van der Waals surface area (Å²) in [6.07, 6.45) is -4.47. The molecule has 1 aromatic carbocycles. The fraction of sp³-hybridized carbons (Fsp3) is 0.357. The highest BCUT2D eigenvalue weighted by atomic mass is 19.4. The maximum absolute atomic E-state index is 12.4. The van der Waals surface area contributed by atoms with Gasteiger partial charge in [0, 0.05) is 18.6 Å². The van der Waals surface area contributed by atoms with Crippen molar-refractivity contribution in [1.82, 2.24) is 10.1 Å². The van der Waals surface area contributed by atoms with Crippen molar-refractivity contribution in [2.24, 2.45) is 0 Å². The van der Waals surface area contributed by atoms with Gasteiger partial charge in [-0.2, -0.15) is 18.2 Å². The molecule has 0 atom stereocenters. The van der Waals surface area contributed by atoms with Crippen LogP contribution in [0.25, 0.3) is 11.4 Å². The van der Waals surface area contributed by atoms with E-state index < -0.39 is 12.1 Å². The molecule has 8 heteroatoms. The Kier molecular flexibility index (Phi) is 4.92. The average molecular weight is 314 g/mol. The van der Waals surface area contributed by atoms with Crippen LogP contribution in [-0.4, -0.2) is 29.1 Å². The van der Waals surface area contributed by atoms with Crippen LogP contribution in [0, 0.1) is 0 Å². The van der Waals surface area contributed by atoms with Gasteiger partial charge in [0.05, 0.1) is 0 Å². The highest BCUT2D eigenvalue weighted by molar-refractivity contribution is 5.82. The number of rotatable bonds is 6. The second-order valence-corrected chi connectivity index (χ2v) is 4.47. The predicted molar refractivity (Wildman–Crippen MR) is 69.9 cm³/mol. The van der Waals surface area contributed by atoms with Crippen molar-refractivity contribution in [3.05, 3.63) is 35.7 Å². The number of ether oxygens (including phenoxy) is 1. The zero-order chi connectivity index (χ0) is 16.2. The highest BCUT2D eigenvalue weighted by Gasteiger charge is 2.38. The summed E-state index contributed by atoms with van der Waals surface area (Å²) in [7, 11) is 0. The third kappa shape index (κ3) is 4.14. The first-order valence-corrected chi connectivity index (χ1v) is 6.50. The Balaban J connectivity index is 2.06. The largest absolute Gasteiger partial charge is 0.471 e. The molecule has 0 bridgehead atoms. The van der Waals surface area contributed by atoms with Crippen LogP contribution in [0.5, 0.6) is 0 Å². The minimum Gasteiger partial charge on any atom is -0.374 e. The molecule has 2 rings (SSSR count). The normalized spacial score (nSPS) is 11.6. The van der Waals surface area contributed by atoms with Gasteiger partial charge in [-0.15, -0.1) is 0 Å². The van der Waals surface area contributed by atoms with Gasteiger partial charge in [0.25, 0.3) is 0 Å². The molecule has 0 aliphatic rings. The van der Waals surface area contributed by atoms with Crippen molar-refractivity contribution in [3.63, 3.8) is 0 Å². The lowest BCUT2D eigenvalue weighted by Crippen LogP contribution is -2.11. The third-order valence-corrected chi connectivity index (χ3v) is 2.75. The van der Waals surface area contributed by atoms with E-state index in [2.05, 4.69) is 14.7 Å². The van der Waals surface area contributed by atoms with Gasteiger partial charge in [-0.05, 0) is 12.5 Å². The average Bonchev–Trinajstić information content (AvgIpc) is 2.96. The summed E-state index contributed by atoms with van der Waals surface area (Å²) >= 11 is 0. The van der Waals surface area contributed by atoms with Crippen molar-refractivity contribution < 1.29 is 27.2 Å². The lowest BCUT2D eigenvalue weighted by Gasteiger charge is -2.02. The van der Waals surface area contributed by atoms with Crippen molar-refractivity contribution in [2.75, 3.05) is 13.2 Å². The van der Waals surface area contributed by atoms with Gasteiger partial charge in [-0.3, -0.25) is 4.79 Å². The van der Waals surface area contributed by atoms with Crippen LogP contribution in [-0.2, 0) is 22.1 Å². The fourth-order valence-corrected chi connectivity index (χ4v) is 1.72. The van der Waals surface area contributed by atoms with E-state index >= 15 is 0 Å². The van der Waals surface area contributed by atoms with Crippen molar-refractivity contribution in [3.8, 4) is 11.4 Å². The van der Waals surface area contributed by atoms with Gasteiger partial charge < -0.3 is 9.26 Å². The number of nitrogens with zero attached hydrogens (tertiary/aromatic N) is 2. The topological polar surface area (TPSA) is 65.2 Å². The summed E-state index contributed by atoms with van der Waals surface area (Å²) in [5.74, 6) is -1.62. The first-order valence-electron chi connectivity index (χ1n) is 6.50. The van der Waals surface area contributed by atoms with Crippen LogP contribution < -0.4 is 0 Å². The molecule has 0 fully saturated rings. The van der Waals surface area contributed by atoms with Crippen LogP contribution in [0.2, 0.25) is 0 Å². The van der Waals surface area contributed by atoms with E-state index in [-0.39, 0.29) is 24.6 Å². The maximum Gasteiger partial charge on any atom is 0.471 e. The third-order valence-electron chi connectivity index (χ3n) is 2.75. The zero-order valence-electron chi connectivity index (χ0n) is 11.7. The second kappa shape index (κ2) is 6.69. The van der Waals surface area contributed by atoms with E-state index in [9.17, 15) is 18.0 Å². The molecule has 5 nitrogen and oxygen atoms in total. The molecule has 22 heavy (non-hydrogen) atoms. The molecule has 0 amide bonds. The number of alkyl halides is 3. The van der Waals surface area contributed by atoms with Crippen molar-refractivity contribution in [2.45, 2.75) is 19.5 Å². The van der Waals surface area contributed by atoms with E-state index in [0.29, 0.717) is 12.2 Å². The smallest absolute Gasteiger partial charge is 0.374 e. The number of benzene rings is 1. The van der Waals surface area contributed by atoms with Gasteiger partial charge in [-0.25, -0.2) is 0 Å². The molecule has 0 unspecified atom stereocenters. The first-order chi connectivity index (χ1) is 10.4. The molecule has 0 spiro atoms. The van der Waals surface area contributed by atoms with Crippen LogP contribution in [0.4, 0.5) is 13.2 Å². The van der Waals surface area contributed by atoms with Gasteiger partial charge in [-0.1, -0.05) is 29.4 Å². The van der Waals surface area contributed by atoms with Crippen LogP contribution in [0.1, 0.15) is 18.4 Å². The number of halogens is 3. The lowest BCUT2D eigenvalue weighted by molar-refractivity contribution is -0.159. The summed E-state index contributed by atoms with van der Waals surface area (Å²) in [5, 5.41) is 3.29. The molecular weight excluding hydrogens is 301 g/mol. The van der Waals surface area contributed by atoms with E-state index in [1.807, 2.05) is 0 Å². The highest BCUT2D eigenvalue weighted by Crippen LogP contribution is 2.29. The molecule has 2 aromatic rings. The Labute approximate surface area is 124 Å². The van der Waals surface area contributed by atoms with E-state index in [4.69, 9.17) is 4.74 Å². The molecule has 0 N–H and O–H groups in total. The predicted octanol–water partition coefficient (Wildman–Crippen LogP) is 2.90. The van der Waals surface area contributed by atoms with Crippen LogP contribution >= 0.6 is 0 Å². The summed E-state index contributed by atoms with van der Waals surface area (Å²) in [4.78, 5) is 14.8. The molecule has 0 aliphatic carbocycles. The van der Waals surface area contributed by atoms with E-state index in [0.717, 1.165) is 5.56 Å². The van der Waals surface area contributed by atoms with Gasteiger partial charge in [0.15, 0.2) is 5.78 Å². The summed E-state index contributed by atoms with van der Waals surface area (Å²) < 4.78 is 46.3. The Morgan fingerprint density at radius 1 is 1.27 bits per heavy atom. The Morgan fingerprint density at radius 3 is 2.50 bits per heavy atom. The lowest BCUT2D eigenvalue weighted by atomic mass is 10.1. The van der Waals surface area contributed by atoms with E-state index in [1.54, 1.807) is 19.1 Å². The second-order valence-electron chi connectivity index (χ2n) is 4.47. The molecule has 0 aliphatic heterocycles. The van der Waals surface area contributed by atoms with Crippen molar-refractivity contribution >= 4 is 5.78 Å². The molecule has 118 valence electrons. The molecule has 1 aromatic heterocycles. The van der Waals surface area contributed by atoms with Crippen molar-refractivity contribution in [1.29, 1.82) is 0 Å². The molecule has 0 saturated carbocycles. The first kappa shape index (κ1) is 16.2. The quantitative estimate of drug-likeness (QED) is 0.820. The number of carbonyl (C=O) groups is 1. The number of Topliss-reactive ketones (excluding diaryl/α,β-unsaturated/α-hetero) is 1. The molecular formula is C14H13F3N2O3. The zero-order valence-corrected chi connectivity index (χ0v) is 11.7. The van der Waals surface area contributed by atoms with Gasteiger partial charge in [0.2, 0.25) is 5.82 Å². The van der Waals surface area contributed by atoms with E-state index in [1.165, 1.54) is 12.1 Å². The number of aromatic nitrogens is 2. The minimum absolute atomic E-state index is 0.0397. The standard InChI is InChI=1S/C14H13F3N2O3/c1-2-21-8-11(20)7-9-3-5-10(6-4-9)12-18-13(22-19-12)14(15,16)17/h3-6H,2,7-8H2,1H3. The Hall–Kier alpha value is -2.22. The molecule has 1 heterocycles. The SMILES string of the molecule is CCOCC(=O)Cc1ccc(-c2noc(C(F)(F)F)n2)cc1. The Morgan fingerprint density at radius 2 is 1.95 bits per heavy atom. The summed E-state index contributed by atoms with van der Waals surface area (Å²) in [5.41, 5.74) is 1.10. The Bertz CT molecular complexity index is 636. The van der Waals surface area contributed by atoms with Gasteiger partial charge in [0.1, 0.15) is 6.61 Å². The number of carbonyl (C=O) groups excluding carboxylic acids is 1. The monoisotopic (exact) mass is 314 g/mol. The minimum atomic E-state index is -4.67. The summed E-state index contributed by atoms with van der Waals surface area (Å²) in [6.45, 7) is 2.30. The summed E-state index contributed by atoms with van der Waals surface area (Å²) in [6, 6.07) is 6.33. The molecule has 0 saturated heterocycles. The van der Waals surface area contributed by atoms with Crippen LogP contribution in [0.15, 0.2) is 28.8 Å². The van der Waals surface area contributed by atoms with Gasteiger partial charge >= 0.3 is 12.1 Å². The number of hydrogen-bond donors (Lipinski definition) is 0. The number of hydrogen-bond acceptors (Lipinski definition) is 5. The van der Waals surface area contributed by atoms with Crippen LogP contribution in [0.3, 0.4) is 0 Å². The maximum atomic E-state index is 12.4. The number of ketones is 1.